The van der Waals surface area contributed by atoms with Crippen molar-refractivity contribution in [3.63, 3.8) is 0 Å². The van der Waals surface area contributed by atoms with Crippen LogP contribution in [0.4, 0.5) is 0 Å². The summed E-state index contributed by atoms with van der Waals surface area (Å²) in [6, 6.07) is 16.5. The molecule has 3 aromatic rings. The fraction of sp³-hybridized carbons (Fsp3) is 0.250. The minimum atomic E-state index is 0.268. The van der Waals surface area contributed by atoms with E-state index in [1.807, 2.05) is 30.3 Å². The zero-order chi connectivity index (χ0) is 16.8. The molecule has 0 saturated carbocycles. The van der Waals surface area contributed by atoms with Crippen LogP contribution in [0.25, 0.3) is 0 Å². The maximum absolute atomic E-state index is 5.86. The molecule has 0 aliphatic carbocycles. The van der Waals surface area contributed by atoms with Gasteiger partial charge in [-0.05, 0) is 60.7 Å². The summed E-state index contributed by atoms with van der Waals surface area (Å²) < 4.78 is 5.86. The van der Waals surface area contributed by atoms with E-state index in [0.717, 1.165) is 18.0 Å². The van der Waals surface area contributed by atoms with E-state index in [2.05, 4.69) is 47.7 Å². The molecule has 3 rings (SSSR count). The monoisotopic (exact) mass is 338 g/mol. The molecule has 1 aromatic carbocycles. The molecular weight excluding hydrogens is 316 g/mol. The van der Waals surface area contributed by atoms with E-state index in [1.165, 1.54) is 16.0 Å². The van der Waals surface area contributed by atoms with Crippen LogP contribution < -0.4 is 10.1 Å². The number of nitrogens with zero attached hydrogens (tertiary/aromatic N) is 1. The molecule has 1 N–H and O–H groups in total. The highest BCUT2D eigenvalue weighted by molar-refractivity contribution is 7.10. The molecule has 1 unspecified atom stereocenters. The average molecular weight is 338 g/mol. The SMILES string of the molecule is Cc1ccsc1CNC(C)c1cccc(OCc2ccccn2)c1. The fourth-order valence-electron chi connectivity index (χ4n) is 2.46. The number of hydrogen-bond acceptors (Lipinski definition) is 4. The zero-order valence-corrected chi connectivity index (χ0v) is 14.8. The highest BCUT2D eigenvalue weighted by atomic mass is 32.1. The maximum atomic E-state index is 5.86. The summed E-state index contributed by atoms with van der Waals surface area (Å²) in [4.78, 5) is 5.67. The van der Waals surface area contributed by atoms with Gasteiger partial charge in [-0.15, -0.1) is 11.3 Å². The van der Waals surface area contributed by atoms with Gasteiger partial charge in [-0.3, -0.25) is 4.98 Å². The molecule has 24 heavy (non-hydrogen) atoms. The third kappa shape index (κ3) is 4.43. The van der Waals surface area contributed by atoms with E-state index < -0.39 is 0 Å². The van der Waals surface area contributed by atoms with E-state index in [1.54, 1.807) is 17.5 Å². The number of ether oxygens (including phenoxy) is 1. The number of hydrogen-bond donors (Lipinski definition) is 1. The van der Waals surface area contributed by atoms with Crippen LogP contribution >= 0.6 is 11.3 Å². The van der Waals surface area contributed by atoms with Crippen molar-refractivity contribution in [2.24, 2.45) is 0 Å². The summed E-state index contributed by atoms with van der Waals surface area (Å²) in [5, 5.41) is 5.73. The Morgan fingerprint density at radius 3 is 2.83 bits per heavy atom. The van der Waals surface area contributed by atoms with Crippen LogP contribution in [0.5, 0.6) is 5.75 Å². The Kier molecular flexibility index (Phi) is 5.62. The molecule has 0 amide bonds. The third-order valence-electron chi connectivity index (χ3n) is 4.01. The lowest BCUT2D eigenvalue weighted by Crippen LogP contribution is -2.17. The summed E-state index contributed by atoms with van der Waals surface area (Å²) in [7, 11) is 0. The van der Waals surface area contributed by atoms with Crippen LogP contribution in [0, 0.1) is 6.92 Å². The van der Waals surface area contributed by atoms with Crippen molar-refractivity contribution in [2.45, 2.75) is 33.0 Å². The maximum Gasteiger partial charge on any atom is 0.130 e. The van der Waals surface area contributed by atoms with Gasteiger partial charge in [0.25, 0.3) is 0 Å². The second kappa shape index (κ2) is 8.08. The first-order chi connectivity index (χ1) is 11.7. The third-order valence-corrected chi connectivity index (χ3v) is 5.03. The Balaban J connectivity index is 1.58. The van der Waals surface area contributed by atoms with Crippen LogP contribution in [0.1, 0.15) is 34.7 Å². The van der Waals surface area contributed by atoms with E-state index in [-0.39, 0.29) is 6.04 Å². The van der Waals surface area contributed by atoms with Crippen LogP contribution in [-0.2, 0) is 13.2 Å². The Labute approximate surface area is 147 Å². The molecule has 124 valence electrons. The second-order valence-electron chi connectivity index (χ2n) is 5.81. The second-order valence-corrected chi connectivity index (χ2v) is 6.81. The number of thiophene rings is 1. The summed E-state index contributed by atoms with van der Waals surface area (Å²) in [6.07, 6.45) is 1.79. The molecular formula is C20H22N2OS. The van der Waals surface area contributed by atoms with Crippen molar-refractivity contribution >= 4 is 11.3 Å². The Bertz CT molecular complexity index is 770. The van der Waals surface area contributed by atoms with Gasteiger partial charge >= 0.3 is 0 Å². The van der Waals surface area contributed by atoms with E-state index in [9.17, 15) is 0 Å². The smallest absolute Gasteiger partial charge is 0.130 e. The highest BCUT2D eigenvalue weighted by Crippen LogP contribution is 2.21. The number of aromatic nitrogens is 1. The Morgan fingerprint density at radius 1 is 1.17 bits per heavy atom. The molecule has 2 heterocycles. The van der Waals surface area contributed by atoms with Crippen molar-refractivity contribution < 1.29 is 4.74 Å². The summed E-state index contributed by atoms with van der Waals surface area (Å²) in [5.74, 6) is 0.874. The van der Waals surface area contributed by atoms with Gasteiger partial charge in [-0.2, -0.15) is 0 Å². The largest absolute Gasteiger partial charge is 0.487 e. The lowest BCUT2D eigenvalue weighted by molar-refractivity contribution is 0.300. The van der Waals surface area contributed by atoms with Gasteiger partial charge in [0.05, 0.1) is 5.69 Å². The summed E-state index contributed by atoms with van der Waals surface area (Å²) in [6.45, 7) is 5.72. The first-order valence-electron chi connectivity index (χ1n) is 8.11. The Morgan fingerprint density at radius 2 is 2.08 bits per heavy atom. The topological polar surface area (TPSA) is 34.1 Å². The van der Waals surface area contributed by atoms with E-state index in [4.69, 9.17) is 4.74 Å². The number of pyridine rings is 1. The first kappa shape index (κ1) is 16.7. The van der Waals surface area contributed by atoms with E-state index >= 15 is 0 Å². The average Bonchev–Trinajstić information content (AvgIpc) is 3.04. The number of aryl methyl sites for hydroxylation is 1. The molecule has 0 aliphatic rings. The van der Waals surface area contributed by atoms with Gasteiger partial charge in [-0.1, -0.05) is 18.2 Å². The van der Waals surface area contributed by atoms with Gasteiger partial charge in [-0.25, -0.2) is 0 Å². The molecule has 0 saturated heterocycles. The van der Waals surface area contributed by atoms with Gasteiger partial charge in [0.15, 0.2) is 0 Å². The fourth-order valence-corrected chi connectivity index (χ4v) is 3.32. The molecule has 4 heteroatoms. The van der Waals surface area contributed by atoms with Crippen molar-refractivity contribution in [3.8, 4) is 5.75 Å². The van der Waals surface area contributed by atoms with Crippen molar-refractivity contribution in [1.82, 2.24) is 10.3 Å². The molecule has 0 aliphatic heterocycles. The molecule has 0 radical (unpaired) electrons. The van der Waals surface area contributed by atoms with Crippen molar-refractivity contribution in [1.29, 1.82) is 0 Å². The molecule has 2 aromatic heterocycles. The van der Waals surface area contributed by atoms with E-state index in [0.29, 0.717) is 6.61 Å². The van der Waals surface area contributed by atoms with Gasteiger partial charge < -0.3 is 10.1 Å². The lowest BCUT2D eigenvalue weighted by atomic mass is 10.1. The van der Waals surface area contributed by atoms with Crippen LogP contribution in [0.15, 0.2) is 60.1 Å². The molecule has 0 fully saturated rings. The van der Waals surface area contributed by atoms with Gasteiger partial charge in [0, 0.05) is 23.7 Å². The van der Waals surface area contributed by atoms with Gasteiger partial charge in [0.2, 0.25) is 0 Å². The number of rotatable bonds is 7. The quantitative estimate of drug-likeness (QED) is 0.666. The van der Waals surface area contributed by atoms with Crippen LogP contribution in [0.3, 0.4) is 0 Å². The minimum absolute atomic E-state index is 0.268. The minimum Gasteiger partial charge on any atom is -0.487 e. The molecule has 1 atom stereocenters. The Hall–Kier alpha value is -2.17. The number of nitrogens with one attached hydrogen (secondary N) is 1. The van der Waals surface area contributed by atoms with Gasteiger partial charge in [0.1, 0.15) is 12.4 Å². The predicted molar refractivity (Wildman–Crippen MR) is 99.3 cm³/mol. The predicted octanol–water partition coefficient (Wildman–Crippen LogP) is 4.88. The van der Waals surface area contributed by atoms with Crippen molar-refractivity contribution in [3.05, 3.63) is 81.8 Å². The molecule has 0 spiro atoms. The normalized spacial score (nSPS) is 12.1. The lowest BCUT2D eigenvalue weighted by Gasteiger charge is -2.15. The first-order valence-corrected chi connectivity index (χ1v) is 8.99. The van der Waals surface area contributed by atoms with Crippen LogP contribution in [0.2, 0.25) is 0 Å². The summed E-state index contributed by atoms with van der Waals surface area (Å²) in [5.41, 5.74) is 3.51. The van der Waals surface area contributed by atoms with Crippen molar-refractivity contribution in [2.75, 3.05) is 0 Å². The molecule has 0 bridgehead atoms. The summed E-state index contributed by atoms with van der Waals surface area (Å²) >= 11 is 1.80. The molecule has 3 nitrogen and oxygen atoms in total. The van der Waals surface area contributed by atoms with Crippen LogP contribution in [-0.4, -0.2) is 4.98 Å². The highest BCUT2D eigenvalue weighted by Gasteiger charge is 2.08. The standard InChI is InChI=1S/C20H22N2OS/c1-15-9-11-24-20(15)13-22-16(2)17-6-5-8-19(12-17)23-14-18-7-3-4-10-21-18/h3-12,16,22H,13-14H2,1-2H3. The number of benzene rings is 1. The zero-order valence-electron chi connectivity index (χ0n) is 14.0.